The van der Waals surface area contributed by atoms with Gasteiger partial charge in [0.15, 0.2) is 0 Å². The van der Waals surface area contributed by atoms with Crippen molar-refractivity contribution in [1.29, 1.82) is 5.26 Å². The average molecular weight is 342 g/mol. The molecule has 1 aliphatic rings. The first-order valence-electron chi connectivity index (χ1n) is 8.95. The van der Waals surface area contributed by atoms with Gasteiger partial charge in [0, 0.05) is 36.0 Å². The zero-order valence-electron chi connectivity index (χ0n) is 15.6. The van der Waals surface area contributed by atoms with Gasteiger partial charge in [-0.1, -0.05) is 39.0 Å². The summed E-state index contributed by atoms with van der Waals surface area (Å²) in [6.45, 7) is 9.71. The van der Waals surface area contributed by atoms with Crippen molar-refractivity contribution in [3.05, 3.63) is 59.5 Å². The van der Waals surface area contributed by atoms with E-state index in [2.05, 4.69) is 36.5 Å². The van der Waals surface area contributed by atoms with Crippen LogP contribution in [0.3, 0.4) is 0 Å². The highest BCUT2D eigenvalue weighted by Crippen LogP contribution is 2.49. The Kier molecular flexibility index (Phi) is 3.69. The molecule has 0 aliphatic carbocycles. The smallest absolute Gasteiger partial charge is 0.102 e. The van der Waals surface area contributed by atoms with Crippen LogP contribution in [0.15, 0.2) is 42.7 Å². The second-order valence-corrected chi connectivity index (χ2v) is 7.82. The second kappa shape index (κ2) is 5.81. The number of pyridine rings is 1. The summed E-state index contributed by atoms with van der Waals surface area (Å²) in [6.07, 6.45) is 3.63. The summed E-state index contributed by atoms with van der Waals surface area (Å²) in [7, 11) is 0. The van der Waals surface area contributed by atoms with Gasteiger partial charge in [0.1, 0.15) is 11.8 Å². The summed E-state index contributed by atoms with van der Waals surface area (Å²) in [4.78, 5) is 4.17. The number of hydrogen-bond acceptors (Lipinski definition) is 3. The predicted octanol–water partition coefficient (Wildman–Crippen LogP) is 4.94. The summed E-state index contributed by atoms with van der Waals surface area (Å²) in [6, 6.07) is 12.4. The lowest BCUT2D eigenvalue weighted by atomic mass is 9.79. The van der Waals surface area contributed by atoms with E-state index in [4.69, 9.17) is 5.10 Å². The fraction of sp³-hybridized carbons (Fsp3) is 0.318. The molecule has 0 saturated heterocycles. The third kappa shape index (κ3) is 2.35. The molecule has 1 atom stereocenters. The number of fused-ring (bicyclic) bond motifs is 1. The Bertz CT molecular complexity index is 1020. The van der Waals surface area contributed by atoms with Crippen molar-refractivity contribution in [2.24, 2.45) is 5.41 Å². The largest absolute Gasteiger partial charge is 0.267 e. The van der Waals surface area contributed by atoms with Gasteiger partial charge in [0.2, 0.25) is 0 Å². The molecule has 3 heterocycles. The van der Waals surface area contributed by atoms with Gasteiger partial charge in [-0.25, -0.2) is 0 Å². The van der Waals surface area contributed by atoms with E-state index in [0.29, 0.717) is 11.5 Å². The summed E-state index contributed by atoms with van der Waals surface area (Å²) >= 11 is 0. The lowest BCUT2D eigenvalue weighted by Gasteiger charge is -2.23. The number of nitriles is 1. The molecular formula is C22H22N4. The van der Waals surface area contributed by atoms with Crippen LogP contribution in [0, 0.1) is 23.7 Å². The van der Waals surface area contributed by atoms with E-state index >= 15 is 0 Å². The minimum atomic E-state index is 0.160. The second-order valence-electron chi connectivity index (χ2n) is 7.82. The van der Waals surface area contributed by atoms with Gasteiger partial charge in [-0.15, -0.1) is 0 Å². The van der Waals surface area contributed by atoms with Gasteiger partial charge in [-0.2, -0.15) is 10.4 Å². The van der Waals surface area contributed by atoms with E-state index in [1.807, 2.05) is 49.6 Å². The van der Waals surface area contributed by atoms with Crippen LogP contribution >= 0.6 is 0 Å². The van der Waals surface area contributed by atoms with Gasteiger partial charge in [-0.3, -0.25) is 9.67 Å². The molecule has 130 valence electrons. The maximum atomic E-state index is 9.71. The molecule has 2 aromatic heterocycles. The van der Waals surface area contributed by atoms with Gasteiger partial charge < -0.3 is 0 Å². The molecule has 0 N–H and O–H groups in total. The van der Waals surface area contributed by atoms with Crippen molar-refractivity contribution in [1.82, 2.24) is 14.8 Å². The fourth-order valence-corrected chi connectivity index (χ4v) is 3.93. The first-order chi connectivity index (χ1) is 12.4. The molecule has 1 unspecified atom stereocenters. The van der Waals surface area contributed by atoms with E-state index in [1.54, 1.807) is 0 Å². The quantitative estimate of drug-likeness (QED) is 0.663. The van der Waals surface area contributed by atoms with Crippen LogP contribution < -0.4 is 0 Å². The van der Waals surface area contributed by atoms with Crippen molar-refractivity contribution in [2.45, 2.75) is 40.2 Å². The van der Waals surface area contributed by atoms with Crippen molar-refractivity contribution in [2.75, 3.05) is 0 Å². The molecule has 0 saturated carbocycles. The first-order valence-corrected chi connectivity index (χ1v) is 8.95. The molecule has 1 aromatic carbocycles. The summed E-state index contributed by atoms with van der Waals surface area (Å²) in [5.41, 5.74) is 7.13. The Hall–Kier alpha value is -2.93. The number of aryl methyl sites for hydroxylation is 1. The van der Waals surface area contributed by atoms with Gasteiger partial charge in [0.25, 0.3) is 0 Å². The zero-order valence-corrected chi connectivity index (χ0v) is 15.6. The van der Waals surface area contributed by atoms with E-state index in [0.717, 1.165) is 34.5 Å². The van der Waals surface area contributed by atoms with Crippen LogP contribution in [-0.2, 0) is 6.54 Å². The van der Waals surface area contributed by atoms with Crippen LogP contribution in [0.1, 0.15) is 43.5 Å². The summed E-state index contributed by atoms with van der Waals surface area (Å²) < 4.78 is 2.14. The Morgan fingerprint density at radius 2 is 1.92 bits per heavy atom. The molecule has 3 aromatic rings. The molecule has 26 heavy (non-hydrogen) atoms. The number of aromatic nitrogens is 3. The minimum Gasteiger partial charge on any atom is -0.267 e. The maximum Gasteiger partial charge on any atom is 0.102 e. The monoisotopic (exact) mass is 342 g/mol. The Morgan fingerprint density at radius 3 is 2.62 bits per heavy atom. The molecule has 4 nitrogen and oxygen atoms in total. The van der Waals surface area contributed by atoms with Crippen LogP contribution in [0.2, 0.25) is 0 Å². The summed E-state index contributed by atoms with van der Waals surface area (Å²) in [5, 5.41) is 14.7. The zero-order chi connectivity index (χ0) is 18.5. The van der Waals surface area contributed by atoms with Crippen molar-refractivity contribution >= 4 is 0 Å². The first kappa shape index (κ1) is 16.5. The van der Waals surface area contributed by atoms with E-state index < -0.39 is 0 Å². The minimum absolute atomic E-state index is 0.160. The summed E-state index contributed by atoms with van der Waals surface area (Å²) in [5.74, 6) is 0.377. The third-order valence-corrected chi connectivity index (χ3v) is 5.74. The molecule has 0 fully saturated rings. The highest BCUT2D eigenvalue weighted by Gasteiger charge is 2.40. The Balaban J connectivity index is 2.04. The number of nitrogens with zero attached hydrogens (tertiary/aromatic N) is 4. The highest BCUT2D eigenvalue weighted by molar-refractivity contribution is 5.86. The molecule has 0 spiro atoms. The highest BCUT2D eigenvalue weighted by atomic mass is 15.3. The van der Waals surface area contributed by atoms with Crippen LogP contribution in [-0.4, -0.2) is 14.8 Å². The predicted molar refractivity (Wildman–Crippen MR) is 103 cm³/mol. The number of rotatable bonds is 2. The standard InChI is InChI=1S/C22H22N4/c1-14-6-5-7-17(18(14)12-23)20-19(16-8-10-24-11-9-16)21-15(2)22(3,4)13-26(21)25-20/h5-11,15H,13H2,1-4H3. The lowest BCUT2D eigenvalue weighted by molar-refractivity contribution is 0.301. The molecule has 0 radical (unpaired) electrons. The van der Waals surface area contributed by atoms with Crippen LogP contribution in [0.5, 0.6) is 0 Å². The average Bonchev–Trinajstić information content (AvgIpc) is 3.09. The third-order valence-electron chi connectivity index (χ3n) is 5.74. The van der Waals surface area contributed by atoms with Crippen molar-refractivity contribution in [3.8, 4) is 28.5 Å². The van der Waals surface area contributed by atoms with E-state index in [9.17, 15) is 5.26 Å². The Morgan fingerprint density at radius 1 is 1.19 bits per heavy atom. The van der Waals surface area contributed by atoms with Crippen molar-refractivity contribution < 1.29 is 0 Å². The normalized spacial score (nSPS) is 17.7. The lowest BCUT2D eigenvalue weighted by Crippen LogP contribution is -2.17. The number of benzene rings is 1. The van der Waals surface area contributed by atoms with E-state index in [-0.39, 0.29) is 5.41 Å². The molecule has 4 heteroatoms. The topological polar surface area (TPSA) is 54.5 Å². The van der Waals surface area contributed by atoms with E-state index in [1.165, 1.54) is 5.69 Å². The van der Waals surface area contributed by atoms with Crippen LogP contribution in [0.4, 0.5) is 0 Å². The van der Waals surface area contributed by atoms with Gasteiger partial charge in [0.05, 0.1) is 11.3 Å². The maximum absolute atomic E-state index is 9.71. The molecule has 0 amide bonds. The molecular weight excluding hydrogens is 320 g/mol. The Labute approximate surface area is 154 Å². The number of hydrogen-bond donors (Lipinski definition) is 0. The van der Waals surface area contributed by atoms with Gasteiger partial charge >= 0.3 is 0 Å². The van der Waals surface area contributed by atoms with Crippen LogP contribution in [0.25, 0.3) is 22.4 Å². The van der Waals surface area contributed by atoms with Crippen molar-refractivity contribution in [3.63, 3.8) is 0 Å². The molecule has 4 rings (SSSR count). The molecule has 1 aliphatic heterocycles. The SMILES string of the molecule is Cc1cccc(-c2nn3c(c2-c2ccncc2)C(C)C(C)(C)C3)c1C#N. The molecule has 0 bridgehead atoms. The van der Waals surface area contributed by atoms with Gasteiger partial charge in [-0.05, 0) is 35.6 Å². The fourth-order valence-electron chi connectivity index (χ4n) is 3.93.